The lowest BCUT2D eigenvalue weighted by Crippen LogP contribution is -2.45. The Balaban J connectivity index is 1.75. The van der Waals surface area contributed by atoms with Crippen LogP contribution in [0, 0.1) is 13.8 Å². The third-order valence-electron chi connectivity index (χ3n) is 5.04. The number of amides is 1. The molecule has 1 aliphatic heterocycles. The third-order valence-corrected chi connectivity index (χ3v) is 5.04. The fourth-order valence-corrected chi connectivity index (χ4v) is 3.45. The average Bonchev–Trinajstić information content (AvgIpc) is 2.68. The van der Waals surface area contributed by atoms with E-state index >= 15 is 0 Å². The summed E-state index contributed by atoms with van der Waals surface area (Å²) in [5.74, 6) is 0.943. The van der Waals surface area contributed by atoms with Gasteiger partial charge >= 0.3 is 0 Å². The van der Waals surface area contributed by atoms with E-state index in [2.05, 4.69) is 66.5 Å². The van der Waals surface area contributed by atoms with Gasteiger partial charge in [0.1, 0.15) is 12.4 Å². The van der Waals surface area contributed by atoms with E-state index in [1.54, 1.807) is 7.11 Å². The van der Waals surface area contributed by atoms with E-state index in [0.717, 1.165) is 24.4 Å². The Hall–Kier alpha value is -2.53. The lowest BCUT2D eigenvalue weighted by atomic mass is 10.0. The number of nitrogens with one attached hydrogen (secondary N) is 1. The number of hydrogen-bond donors (Lipinski definition) is 1. The third kappa shape index (κ3) is 5.26. The Morgan fingerprint density at radius 3 is 2.68 bits per heavy atom. The molecule has 2 aromatic carbocycles. The van der Waals surface area contributed by atoms with Crippen molar-refractivity contribution < 1.29 is 14.3 Å². The highest BCUT2D eigenvalue weighted by atomic mass is 16.5. The van der Waals surface area contributed by atoms with E-state index in [9.17, 15) is 4.79 Å². The van der Waals surface area contributed by atoms with E-state index in [1.807, 2.05) is 0 Å². The molecule has 5 heteroatoms. The molecule has 0 unspecified atom stereocenters. The van der Waals surface area contributed by atoms with Crippen molar-refractivity contribution >= 4 is 11.6 Å². The molecule has 3 rings (SSSR count). The van der Waals surface area contributed by atoms with Crippen LogP contribution >= 0.6 is 0 Å². The van der Waals surface area contributed by atoms with Crippen LogP contribution in [0.15, 0.2) is 42.5 Å². The van der Waals surface area contributed by atoms with Gasteiger partial charge in [-0.15, -0.1) is 0 Å². The highest BCUT2D eigenvalue weighted by Gasteiger charge is 2.29. The molecule has 0 saturated heterocycles. The van der Waals surface area contributed by atoms with Crippen molar-refractivity contribution in [2.75, 3.05) is 31.8 Å². The fraction of sp³-hybridized carbons (Fsp3) is 0.435. The first-order valence-corrected chi connectivity index (χ1v) is 9.88. The van der Waals surface area contributed by atoms with Crippen LogP contribution in [0.3, 0.4) is 0 Å². The van der Waals surface area contributed by atoms with Crippen molar-refractivity contribution in [3.05, 3.63) is 59.2 Å². The maximum Gasteiger partial charge on any atom is 0.222 e. The van der Waals surface area contributed by atoms with Crippen LogP contribution in [0.2, 0.25) is 0 Å². The van der Waals surface area contributed by atoms with Gasteiger partial charge in [0.25, 0.3) is 0 Å². The molecular formula is C23H30N2O3. The number of carbonyl (C=O) groups is 1. The molecule has 0 spiro atoms. The average molecular weight is 383 g/mol. The van der Waals surface area contributed by atoms with E-state index in [4.69, 9.17) is 9.47 Å². The summed E-state index contributed by atoms with van der Waals surface area (Å²) in [6.07, 6.45) is 1.23. The van der Waals surface area contributed by atoms with Gasteiger partial charge in [-0.2, -0.15) is 0 Å². The highest BCUT2D eigenvalue weighted by Crippen LogP contribution is 2.36. The van der Waals surface area contributed by atoms with Crippen LogP contribution in [0.4, 0.5) is 5.69 Å². The van der Waals surface area contributed by atoms with Gasteiger partial charge in [-0.25, -0.2) is 0 Å². The molecule has 0 aromatic heterocycles. The standard InChI is InChI=1S/C23H30N2O3/c1-17-5-8-19(9-6-17)15-25-20(14-23(26)24-11-4-12-27-3)16-28-22-13-18(2)7-10-21(22)25/h5-10,13,20H,4,11-12,14-16H2,1-3H3,(H,24,26)/t20-/m0/s1. The van der Waals surface area contributed by atoms with Crippen LogP contribution in [-0.4, -0.2) is 38.8 Å². The number of fused-ring (bicyclic) bond motifs is 1. The van der Waals surface area contributed by atoms with E-state index in [0.29, 0.717) is 26.2 Å². The molecular weight excluding hydrogens is 352 g/mol. The minimum atomic E-state index is -0.000987. The molecule has 0 bridgehead atoms. The Labute approximate surface area is 167 Å². The van der Waals surface area contributed by atoms with Gasteiger partial charge in [0, 0.05) is 26.8 Å². The van der Waals surface area contributed by atoms with Crippen LogP contribution in [-0.2, 0) is 16.1 Å². The smallest absolute Gasteiger partial charge is 0.222 e. The largest absolute Gasteiger partial charge is 0.489 e. The molecule has 1 amide bonds. The van der Waals surface area contributed by atoms with Crippen molar-refractivity contribution in [2.45, 2.75) is 39.3 Å². The number of benzene rings is 2. The van der Waals surface area contributed by atoms with E-state index in [1.165, 1.54) is 16.7 Å². The molecule has 2 aromatic rings. The SMILES string of the molecule is COCCCNC(=O)C[C@H]1COc2cc(C)ccc2N1Cc1ccc(C)cc1. The van der Waals surface area contributed by atoms with Gasteiger partial charge in [-0.3, -0.25) is 4.79 Å². The van der Waals surface area contributed by atoms with Crippen LogP contribution < -0.4 is 15.0 Å². The summed E-state index contributed by atoms with van der Waals surface area (Å²) >= 11 is 0. The number of hydrogen-bond acceptors (Lipinski definition) is 4. The van der Waals surface area contributed by atoms with Crippen molar-refractivity contribution in [3.8, 4) is 5.75 Å². The molecule has 1 atom stereocenters. The predicted octanol–water partition coefficient (Wildman–Crippen LogP) is 3.61. The summed E-state index contributed by atoms with van der Waals surface area (Å²) < 4.78 is 11.0. The number of rotatable bonds is 8. The second-order valence-electron chi connectivity index (χ2n) is 7.45. The predicted molar refractivity (Wildman–Crippen MR) is 112 cm³/mol. The molecule has 0 radical (unpaired) electrons. The summed E-state index contributed by atoms with van der Waals surface area (Å²) in [6, 6.07) is 14.8. The van der Waals surface area contributed by atoms with E-state index in [-0.39, 0.29) is 11.9 Å². The summed E-state index contributed by atoms with van der Waals surface area (Å²) in [4.78, 5) is 14.8. The lowest BCUT2D eigenvalue weighted by molar-refractivity contribution is -0.121. The Kier molecular flexibility index (Phi) is 6.93. The van der Waals surface area contributed by atoms with Gasteiger partial charge in [-0.1, -0.05) is 35.9 Å². The summed E-state index contributed by atoms with van der Waals surface area (Å²) in [5.41, 5.74) is 4.69. The minimum absolute atomic E-state index is 0.000987. The molecule has 5 nitrogen and oxygen atoms in total. The highest BCUT2D eigenvalue weighted by molar-refractivity contribution is 5.77. The number of anilines is 1. The van der Waals surface area contributed by atoms with Crippen molar-refractivity contribution in [1.29, 1.82) is 0 Å². The van der Waals surface area contributed by atoms with E-state index < -0.39 is 0 Å². The molecule has 150 valence electrons. The zero-order chi connectivity index (χ0) is 19.9. The molecule has 1 heterocycles. The first-order chi connectivity index (χ1) is 13.6. The summed E-state index contributed by atoms with van der Waals surface area (Å²) in [7, 11) is 1.67. The first-order valence-electron chi connectivity index (χ1n) is 9.88. The number of aryl methyl sites for hydroxylation is 2. The quantitative estimate of drug-likeness (QED) is 0.709. The minimum Gasteiger partial charge on any atom is -0.489 e. The second-order valence-corrected chi connectivity index (χ2v) is 7.45. The maximum absolute atomic E-state index is 12.4. The Morgan fingerprint density at radius 1 is 1.18 bits per heavy atom. The monoisotopic (exact) mass is 382 g/mol. The first kappa shape index (κ1) is 20.2. The zero-order valence-electron chi connectivity index (χ0n) is 17.0. The molecule has 0 aliphatic carbocycles. The van der Waals surface area contributed by atoms with Crippen LogP contribution in [0.25, 0.3) is 0 Å². The van der Waals surface area contributed by atoms with Gasteiger partial charge in [0.2, 0.25) is 5.91 Å². The fourth-order valence-electron chi connectivity index (χ4n) is 3.45. The van der Waals surface area contributed by atoms with Crippen molar-refractivity contribution in [3.63, 3.8) is 0 Å². The van der Waals surface area contributed by atoms with Gasteiger partial charge in [-0.05, 0) is 43.5 Å². The zero-order valence-corrected chi connectivity index (χ0v) is 17.0. The summed E-state index contributed by atoms with van der Waals surface area (Å²) in [5, 5.41) is 2.99. The number of methoxy groups -OCH3 is 1. The normalized spacial score (nSPS) is 15.7. The summed E-state index contributed by atoms with van der Waals surface area (Å²) in [6.45, 7) is 6.70. The molecule has 28 heavy (non-hydrogen) atoms. The van der Waals surface area contributed by atoms with Crippen molar-refractivity contribution in [2.24, 2.45) is 0 Å². The number of nitrogens with zero attached hydrogens (tertiary/aromatic N) is 1. The second kappa shape index (κ2) is 9.60. The van der Waals surface area contributed by atoms with Gasteiger partial charge in [0.05, 0.1) is 18.2 Å². The lowest BCUT2D eigenvalue weighted by Gasteiger charge is -2.38. The van der Waals surface area contributed by atoms with Crippen molar-refractivity contribution in [1.82, 2.24) is 5.32 Å². The molecule has 1 aliphatic rings. The Morgan fingerprint density at radius 2 is 1.93 bits per heavy atom. The topological polar surface area (TPSA) is 50.8 Å². The maximum atomic E-state index is 12.4. The number of carbonyl (C=O) groups excluding carboxylic acids is 1. The molecule has 0 fully saturated rings. The molecule has 0 saturated carbocycles. The number of ether oxygens (including phenoxy) is 2. The van der Waals surface area contributed by atoms with Gasteiger partial charge in [0.15, 0.2) is 0 Å². The Bertz CT molecular complexity index is 789. The van der Waals surface area contributed by atoms with Gasteiger partial charge < -0.3 is 19.7 Å². The van der Waals surface area contributed by atoms with Crippen LogP contribution in [0.5, 0.6) is 5.75 Å². The van der Waals surface area contributed by atoms with Crippen LogP contribution in [0.1, 0.15) is 29.5 Å². The molecule has 1 N–H and O–H groups in total.